The number of nitrogens with one attached hydrogen (secondary N) is 1. The third kappa shape index (κ3) is 4.64. The van der Waals surface area contributed by atoms with Crippen molar-refractivity contribution in [3.63, 3.8) is 0 Å². The minimum absolute atomic E-state index is 0.103. The summed E-state index contributed by atoms with van der Waals surface area (Å²) in [5, 5.41) is 16.3. The van der Waals surface area contributed by atoms with Crippen LogP contribution in [0.4, 0.5) is 8.78 Å². The number of carbonyl (C=O) groups is 1. The highest BCUT2D eigenvalue weighted by molar-refractivity contribution is 6.35. The van der Waals surface area contributed by atoms with Crippen molar-refractivity contribution < 1.29 is 18.7 Å². The Morgan fingerprint density at radius 1 is 1.08 bits per heavy atom. The van der Waals surface area contributed by atoms with E-state index in [1.807, 2.05) is 6.07 Å². The van der Waals surface area contributed by atoms with Gasteiger partial charge in [-0.2, -0.15) is 4.39 Å². The van der Waals surface area contributed by atoms with Crippen molar-refractivity contribution in [3.05, 3.63) is 98.9 Å². The average molecular weight is 526 g/mol. The third-order valence-corrected chi connectivity index (χ3v) is 6.84. The van der Waals surface area contributed by atoms with Crippen molar-refractivity contribution in [1.82, 2.24) is 15.2 Å². The molecule has 9 heteroatoms. The summed E-state index contributed by atoms with van der Waals surface area (Å²) in [4.78, 5) is 15.4. The Labute approximate surface area is 215 Å². The van der Waals surface area contributed by atoms with Crippen molar-refractivity contribution in [2.24, 2.45) is 5.92 Å². The number of allylic oxidation sites excluding steroid dienone is 1. The van der Waals surface area contributed by atoms with E-state index >= 15 is 4.39 Å². The molecule has 2 N–H and O–H groups in total. The molecule has 1 aliphatic rings. The minimum atomic E-state index is -1.18. The number of pyridine rings is 1. The number of carboxylic acid groups (broad SMARTS) is 1. The second-order valence-electron chi connectivity index (χ2n) is 8.58. The lowest BCUT2D eigenvalue weighted by atomic mass is 9.74. The summed E-state index contributed by atoms with van der Waals surface area (Å²) >= 11 is 12.7. The Kier molecular flexibility index (Phi) is 6.60. The maximum atomic E-state index is 15.1. The first-order chi connectivity index (χ1) is 17.3. The Morgan fingerprint density at radius 2 is 1.83 bits per heavy atom. The molecule has 0 amide bonds. The molecule has 0 unspecified atom stereocenters. The van der Waals surface area contributed by atoms with Gasteiger partial charge in [0.25, 0.3) is 0 Å². The number of hydrogen-bond acceptors (Lipinski definition) is 3. The number of carboxylic acids is 1. The van der Waals surface area contributed by atoms with Crippen LogP contribution in [0.1, 0.15) is 41.6 Å². The predicted molar refractivity (Wildman–Crippen MR) is 137 cm³/mol. The topological polar surface area (TPSA) is 78.9 Å². The van der Waals surface area contributed by atoms with E-state index in [1.54, 1.807) is 24.3 Å². The van der Waals surface area contributed by atoms with Gasteiger partial charge in [-0.15, -0.1) is 5.10 Å². The Morgan fingerprint density at radius 3 is 2.50 bits per heavy atom. The number of aromatic nitrogens is 3. The van der Waals surface area contributed by atoms with E-state index in [-0.39, 0.29) is 11.5 Å². The fourth-order valence-electron chi connectivity index (χ4n) is 4.42. The summed E-state index contributed by atoms with van der Waals surface area (Å²) in [5.41, 5.74) is 3.84. The van der Waals surface area contributed by atoms with Crippen LogP contribution in [0.15, 0.2) is 54.7 Å². The van der Waals surface area contributed by atoms with Crippen LogP contribution < -0.4 is 0 Å². The van der Waals surface area contributed by atoms with E-state index in [0.717, 1.165) is 30.9 Å². The Hall–Kier alpha value is -3.55. The molecule has 1 aliphatic carbocycles. The lowest BCUT2D eigenvalue weighted by Gasteiger charge is -2.31. The van der Waals surface area contributed by atoms with Crippen LogP contribution in [-0.2, 0) is 4.79 Å². The molecular formula is C27H19Cl2F2N3O2. The molecular weight excluding hydrogens is 507 g/mol. The summed E-state index contributed by atoms with van der Waals surface area (Å²) in [7, 11) is 0. The van der Waals surface area contributed by atoms with Gasteiger partial charge in [-0.3, -0.25) is 10.1 Å². The molecule has 0 bridgehead atoms. The van der Waals surface area contributed by atoms with E-state index in [2.05, 4.69) is 15.2 Å². The van der Waals surface area contributed by atoms with Crippen molar-refractivity contribution in [1.29, 1.82) is 0 Å². The Bertz CT molecular complexity index is 1560. The maximum absolute atomic E-state index is 15.1. The summed E-state index contributed by atoms with van der Waals surface area (Å²) < 4.78 is 29.5. The molecule has 0 atom stereocenters. The molecule has 0 aliphatic heterocycles. The fourth-order valence-corrected chi connectivity index (χ4v) is 4.90. The first-order valence-corrected chi connectivity index (χ1v) is 12.0. The molecule has 4 aromatic rings. The molecule has 2 aromatic heterocycles. The second-order valence-corrected chi connectivity index (χ2v) is 9.43. The van der Waals surface area contributed by atoms with Crippen LogP contribution in [0.2, 0.25) is 10.0 Å². The van der Waals surface area contributed by atoms with Gasteiger partial charge < -0.3 is 5.11 Å². The van der Waals surface area contributed by atoms with Crippen molar-refractivity contribution in [2.45, 2.75) is 19.3 Å². The number of aromatic amines is 1. The van der Waals surface area contributed by atoms with Gasteiger partial charge in [0, 0.05) is 17.8 Å². The molecule has 182 valence electrons. The molecule has 1 saturated carbocycles. The lowest BCUT2D eigenvalue weighted by Crippen LogP contribution is -2.16. The fraction of sp³-hybridized carbons (Fsp3) is 0.148. The van der Waals surface area contributed by atoms with Crippen LogP contribution in [0.25, 0.3) is 28.1 Å². The van der Waals surface area contributed by atoms with E-state index in [1.165, 1.54) is 24.4 Å². The number of fused-ring (bicyclic) bond motifs is 1. The third-order valence-electron chi connectivity index (χ3n) is 6.35. The SMILES string of the molecule is O=C(O)C=Cc1ccc(/C(=C(/c2ncc(Cl)cc2Cl)C2CCC2)c2ccc3[nH]nc(F)c3c2)cc1F. The first kappa shape index (κ1) is 24.2. The van der Waals surface area contributed by atoms with Gasteiger partial charge in [-0.05, 0) is 71.4 Å². The van der Waals surface area contributed by atoms with E-state index in [9.17, 15) is 9.18 Å². The monoisotopic (exact) mass is 525 g/mol. The molecule has 0 spiro atoms. The first-order valence-electron chi connectivity index (χ1n) is 11.2. The van der Waals surface area contributed by atoms with E-state index in [0.29, 0.717) is 43.3 Å². The average Bonchev–Trinajstić information content (AvgIpc) is 3.17. The highest BCUT2D eigenvalue weighted by atomic mass is 35.5. The molecule has 2 heterocycles. The van der Waals surface area contributed by atoms with Gasteiger partial charge in [0.1, 0.15) is 5.82 Å². The summed E-state index contributed by atoms with van der Waals surface area (Å²) in [6.07, 6.45) is 6.39. The minimum Gasteiger partial charge on any atom is -0.478 e. The molecule has 0 saturated heterocycles. The van der Waals surface area contributed by atoms with Gasteiger partial charge in [0.2, 0.25) is 5.95 Å². The summed E-state index contributed by atoms with van der Waals surface area (Å²) in [5.74, 6) is -2.31. The van der Waals surface area contributed by atoms with Crippen molar-refractivity contribution in [3.8, 4) is 0 Å². The summed E-state index contributed by atoms with van der Waals surface area (Å²) in [6.45, 7) is 0. The lowest BCUT2D eigenvalue weighted by molar-refractivity contribution is -0.131. The van der Waals surface area contributed by atoms with Crippen LogP contribution in [-0.4, -0.2) is 26.3 Å². The highest BCUT2D eigenvalue weighted by Crippen LogP contribution is 2.46. The van der Waals surface area contributed by atoms with Gasteiger partial charge in [0.15, 0.2) is 0 Å². The summed E-state index contributed by atoms with van der Waals surface area (Å²) in [6, 6.07) is 11.4. The zero-order valence-electron chi connectivity index (χ0n) is 18.7. The van der Waals surface area contributed by atoms with Crippen LogP contribution in [0.5, 0.6) is 0 Å². The van der Waals surface area contributed by atoms with E-state index in [4.69, 9.17) is 28.3 Å². The van der Waals surface area contributed by atoms with Crippen molar-refractivity contribution in [2.75, 3.05) is 0 Å². The number of benzene rings is 2. The molecule has 2 aromatic carbocycles. The highest BCUT2D eigenvalue weighted by Gasteiger charge is 2.30. The number of H-pyrrole nitrogens is 1. The number of hydrogen-bond donors (Lipinski definition) is 2. The normalized spacial score (nSPS) is 14.8. The number of rotatable bonds is 6. The number of aliphatic carboxylic acids is 1. The standard InChI is InChI=1S/C27H19Cl2F2N3O2/c28-18-12-20(29)26(32-13-18)25(15-2-1-3-15)24(16-6-8-22-19(10-16)27(31)34-33-22)17-5-4-14(21(30)11-17)7-9-23(35)36/h4-13,15H,1-3H2,(H,33,34)(H,35,36)/b9-7?,25-24+. The van der Waals surface area contributed by atoms with Gasteiger partial charge in [-0.25, -0.2) is 9.18 Å². The predicted octanol–water partition coefficient (Wildman–Crippen LogP) is 7.40. The van der Waals surface area contributed by atoms with Crippen LogP contribution >= 0.6 is 23.2 Å². The maximum Gasteiger partial charge on any atom is 0.328 e. The smallest absolute Gasteiger partial charge is 0.328 e. The van der Waals surface area contributed by atoms with Gasteiger partial charge in [-0.1, -0.05) is 47.8 Å². The van der Waals surface area contributed by atoms with Gasteiger partial charge >= 0.3 is 5.97 Å². The largest absolute Gasteiger partial charge is 0.478 e. The van der Waals surface area contributed by atoms with Crippen molar-refractivity contribution >= 4 is 57.3 Å². The van der Waals surface area contributed by atoms with E-state index < -0.39 is 17.7 Å². The zero-order chi connectivity index (χ0) is 25.4. The molecule has 0 radical (unpaired) electrons. The van der Waals surface area contributed by atoms with Gasteiger partial charge in [0.05, 0.1) is 26.6 Å². The quantitative estimate of drug-likeness (QED) is 0.257. The zero-order valence-corrected chi connectivity index (χ0v) is 20.2. The van der Waals surface area contributed by atoms with Crippen LogP contribution in [0.3, 0.4) is 0 Å². The molecule has 5 rings (SSSR count). The molecule has 1 fully saturated rings. The molecule has 5 nitrogen and oxygen atoms in total. The van der Waals surface area contributed by atoms with Crippen LogP contribution in [0, 0.1) is 17.7 Å². The second kappa shape index (κ2) is 9.84. The Balaban J connectivity index is 1.80. The number of nitrogens with zero attached hydrogens (tertiary/aromatic N) is 2. The molecule has 36 heavy (non-hydrogen) atoms. The number of halogens is 4.